The number of methoxy groups -OCH3 is 1. The number of ether oxygens (including phenoxy) is 2. The van der Waals surface area contributed by atoms with Gasteiger partial charge in [-0.15, -0.1) is 0 Å². The van der Waals surface area contributed by atoms with Crippen LogP contribution in [0.5, 0.6) is 5.75 Å². The van der Waals surface area contributed by atoms with Gasteiger partial charge in [0, 0.05) is 4.47 Å². The van der Waals surface area contributed by atoms with E-state index in [9.17, 15) is 9.59 Å². The molecule has 6 heteroatoms. The van der Waals surface area contributed by atoms with Crippen molar-refractivity contribution in [3.63, 3.8) is 0 Å². The van der Waals surface area contributed by atoms with Crippen LogP contribution in [-0.4, -0.2) is 25.1 Å². The third-order valence-electron chi connectivity index (χ3n) is 3.32. The number of carbonyl (C=O) groups is 2. The molecular weight excluding hydrogens is 374 g/mol. The molecule has 0 unspecified atom stereocenters. The van der Waals surface area contributed by atoms with Crippen molar-refractivity contribution in [3.8, 4) is 5.75 Å². The van der Waals surface area contributed by atoms with Gasteiger partial charge < -0.3 is 14.8 Å². The van der Waals surface area contributed by atoms with Crippen molar-refractivity contribution in [2.45, 2.75) is 20.0 Å². The average molecular weight is 392 g/mol. The van der Waals surface area contributed by atoms with Gasteiger partial charge >= 0.3 is 5.97 Å². The Hall–Kier alpha value is -2.34. The molecule has 0 aliphatic carbocycles. The number of aryl methyl sites for hydroxylation is 1. The third kappa shape index (κ3) is 4.58. The fraction of sp³-hybridized carbons (Fsp3) is 0.222. The molecular formula is C18H18BrNO4. The maximum Gasteiger partial charge on any atom is 0.337 e. The van der Waals surface area contributed by atoms with Gasteiger partial charge in [0.15, 0.2) is 6.10 Å². The lowest BCUT2D eigenvalue weighted by molar-refractivity contribution is -0.122. The number of hydrogen-bond donors (Lipinski definition) is 1. The summed E-state index contributed by atoms with van der Waals surface area (Å²) in [4.78, 5) is 23.8. The van der Waals surface area contributed by atoms with Gasteiger partial charge in [0.1, 0.15) is 5.75 Å². The maximum atomic E-state index is 12.3. The van der Waals surface area contributed by atoms with Gasteiger partial charge in [0.05, 0.1) is 18.4 Å². The molecule has 1 N–H and O–H groups in total. The van der Waals surface area contributed by atoms with Gasteiger partial charge in [0.2, 0.25) is 0 Å². The molecule has 0 bridgehead atoms. The Labute approximate surface area is 149 Å². The Bertz CT molecular complexity index is 760. The van der Waals surface area contributed by atoms with Crippen LogP contribution in [0.4, 0.5) is 5.69 Å². The van der Waals surface area contributed by atoms with Crippen molar-refractivity contribution in [2.75, 3.05) is 12.4 Å². The number of nitrogens with one attached hydrogen (secondary N) is 1. The highest BCUT2D eigenvalue weighted by Gasteiger charge is 2.17. The van der Waals surface area contributed by atoms with E-state index in [1.54, 1.807) is 25.1 Å². The van der Waals surface area contributed by atoms with Crippen LogP contribution >= 0.6 is 15.9 Å². The van der Waals surface area contributed by atoms with Crippen molar-refractivity contribution in [3.05, 3.63) is 58.1 Å². The molecule has 1 atom stereocenters. The summed E-state index contributed by atoms with van der Waals surface area (Å²) in [6, 6.07) is 12.2. The molecule has 0 aliphatic heterocycles. The highest BCUT2D eigenvalue weighted by Crippen LogP contribution is 2.24. The average Bonchev–Trinajstić information content (AvgIpc) is 2.56. The Balaban J connectivity index is 2.05. The Morgan fingerprint density at radius 1 is 1.17 bits per heavy atom. The summed E-state index contributed by atoms with van der Waals surface area (Å²) >= 11 is 3.42. The summed E-state index contributed by atoms with van der Waals surface area (Å²) in [6.07, 6.45) is -0.730. The monoisotopic (exact) mass is 391 g/mol. The summed E-state index contributed by atoms with van der Waals surface area (Å²) in [5.74, 6) is -0.326. The molecule has 0 saturated carbocycles. The summed E-state index contributed by atoms with van der Waals surface area (Å²) < 4.78 is 11.1. The lowest BCUT2D eigenvalue weighted by Crippen LogP contribution is -2.30. The highest BCUT2D eigenvalue weighted by atomic mass is 79.9. The quantitative estimate of drug-likeness (QED) is 0.783. The molecule has 0 saturated heterocycles. The SMILES string of the molecule is COC(=O)c1cccc(O[C@H](C)C(=O)Nc2ccc(C)cc2Br)c1. The molecule has 5 nitrogen and oxygen atoms in total. The van der Waals surface area contributed by atoms with E-state index in [2.05, 4.69) is 26.0 Å². The second-order valence-corrected chi connectivity index (χ2v) is 6.11. The first-order valence-corrected chi connectivity index (χ1v) is 8.12. The van der Waals surface area contributed by atoms with Gasteiger partial charge in [0.25, 0.3) is 5.91 Å². The molecule has 2 aromatic carbocycles. The normalized spacial score (nSPS) is 11.5. The van der Waals surface area contributed by atoms with Crippen LogP contribution in [-0.2, 0) is 9.53 Å². The van der Waals surface area contributed by atoms with E-state index in [4.69, 9.17) is 4.74 Å². The number of hydrogen-bond acceptors (Lipinski definition) is 4. The minimum absolute atomic E-state index is 0.289. The molecule has 0 aromatic heterocycles. The van der Waals surface area contributed by atoms with Gasteiger partial charge in [-0.25, -0.2) is 4.79 Å². The number of halogens is 1. The van der Waals surface area contributed by atoms with Gasteiger partial charge in [-0.05, 0) is 65.7 Å². The largest absolute Gasteiger partial charge is 0.481 e. The van der Waals surface area contributed by atoms with Crippen molar-refractivity contribution in [1.82, 2.24) is 0 Å². The maximum absolute atomic E-state index is 12.3. The molecule has 1 amide bonds. The smallest absolute Gasteiger partial charge is 0.337 e. The highest BCUT2D eigenvalue weighted by molar-refractivity contribution is 9.10. The summed E-state index contributed by atoms with van der Waals surface area (Å²) in [7, 11) is 1.31. The van der Waals surface area contributed by atoms with Crippen molar-refractivity contribution in [2.24, 2.45) is 0 Å². The summed E-state index contributed by atoms with van der Waals surface area (Å²) in [5.41, 5.74) is 2.12. The van der Waals surface area contributed by atoms with E-state index in [0.29, 0.717) is 17.0 Å². The number of rotatable bonds is 5. The van der Waals surface area contributed by atoms with E-state index in [-0.39, 0.29) is 5.91 Å². The zero-order valence-electron chi connectivity index (χ0n) is 13.6. The second kappa shape index (κ2) is 7.97. The first-order valence-electron chi connectivity index (χ1n) is 7.32. The molecule has 0 spiro atoms. The van der Waals surface area contributed by atoms with Gasteiger partial charge in [-0.1, -0.05) is 12.1 Å². The minimum atomic E-state index is -0.730. The van der Waals surface area contributed by atoms with Crippen LogP contribution in [0, 0.1) is 6.92 Å². The van der Waals surface area contributed by atoms with E-state index >= 15 is 0 Å². The Morgan fingerprint density at radius 2 is 1.92 bits per heavy atom. The van der Waals surface area contributed by atoms with Crippen LogP contribution < -0.4 is 10.1 Å². The second-order valence-electron chi connectivity index (χ2n) is 5.25. The number of amides is 1. The summed E-state index contributed by atoms with van der Waals surface area (Å²) in [5, 5.41) is 2.80. The Morgan fingerprint density at radius 3 is 2.58 bits per heavy atom. The predicted molar refractivity (Wildman–Crippen MR) is 95.4 cm³/mol. The van der Waals surface area contributed by atoms with Crippen LogP contribution in [0.1, 0.15) is 22.8 Å². The molecule has 2 aromatic rings. The van der Waals surface area contributed by atoms with Crippen LogP contribution in [0.15, 0.2) is 46.9 Å². The molecule has 0 radical (unpaired) electrons. The lowest BCUT2D eigenvalue weighted by atomic mass is 10.2. The first kappa shape index (κ1) is 18.0. The molecule has 24 heavy (non-hydrogen) atoms. The van der Waals surface area contributed by atoms with Crippen LogP contribution in [0.3, 0.4) is 0 Å². The lowest BCUT2D eigenvalue weighted by Gasteiger charge is -2.16. The third-order valence-corrected chi connectivity index (χ3v) is 3.98. The van der Waals surface area contributed by atoms with E-state index in [1.165, 1.54) is 13.2 Å². The molecule has 2 rings (SSSR count). The molecule has 126 valence electrons. The molecule has 0 fully saturated rings. The zero-order valence-corrected chi connectivity index (χ0v) is 15.2. The van der Waals surface area contributed by atoms with Gasteiger partial charge in [-0.2, -0.15) is 0 Å². The molecule has 0 heterocycles. The number of anilines is 1. The fourth-order valence-electron chi connectivity index (χ4n) is 2.03. The topological polar surface area (TPSA) is 64.6 Å². The standard InChI is InChI=1S/C18H18BrNO4/c1-11-7-8-16(15(19)9-11)20-17(21)12(2)24-14-6-4-5-13(10-14)18(22)23-3/h4-10,12H,1-3H3,(H,20,21)/t12-/m1/s1. The molecule has 0 aliphatic rings. The number of esters is 1. The van der Waals surface area contributed by atoms with Crippen molar-refractivity contribution >= 4 is 33.5 Å². The number of carbonyl (C=O) groups excluding carboxylic acids is 2. The van der Waals surface area contributed by atoms with Crippen molar-refractivity contribution in [1.29, 1.82) is 0 Å². The zero-order chi connectivity index (χ0) is 17.7. The van der Waals surface area contributed by atoms with Crippen LogP contribution in [0.25, 0.3) is 0 Å². The van der Waals surface area contributed by atoms with Crippen molar-refractivity contribution < 1.29 is 19.1 Å². The van der Waals surface area contributed by atoms with E-state index in [1.807, 2.05) is 25.1 Å². The minimum Gasteiger partial charge on any atom is -0.481 e. The van der Waals surface area contributed by atoms with E-state index < -0.39 is 12.1 Å². The van der Waals surface area contributed by atoms with Gasteiger partial charge in [-0.3, -0.25) is 4.79 Å². The fourth-order valence-corrected chi connectivity index (χ4v) is 2.62. The van der Waals surface area contributed by atoms with Crippen LogP contribution in [0.2, 0.25) is 0 Å². The van der Waals surface area contributed by atoms with E-state index in [0.717, 1.165) is 10.0 Å². The Kier molecular flexibility index (Phi) is 5.98. The first-order chi connectivity index (χ1) is 11.4. The predicted octanol–water partition coefficient (Wildman–Crippen LogP) is 3.95. The summed E-state index contributed by atoms with van der Waals surface area (Å²) in [6.45, 7) is 3.61. The number of benzene rings is 2.